The quantitative estimate of drug-likeness (QED) is 0.823. The zero-order valence-electron chi connectivity index (χ0n) is 14.0. The van der Waals surface area contributed by atoms with Crippen molar-refractivity contribution in [3.8, 4) is 0 Å². The van der Waals surface area contributed by atoms with Crippen LogP contribution in [0.1, 0.15) is 71.6 Å². The van der Waals surface area contributed by atoms with Crippen molar-refractivity contribution in [3.05, 3.63) is 0 Å². The van der Waals surface area contributed by atoms with Gasteiger partial charge in [0.05, 0.1) is 0 Å². The largest absolute Gasteiger partial charge is 0.327 e. The minimum Gasteiger partial charge on any atom is -0.327 e. The average Bonchev–Trinajstić information content (AvgIpc) is 2.43. The number of hydrogen-bond donors (Lipinski definition) is 1. The highest BCUT2D eigenvalue weighted by atomic mass is 15.1. The summed E-state index contributed by atoms with van der Waals surface area (Å²) in [5.41, 5.74) is 6.42. The molecule has 0 aromatic heterocycles. The molecule has 0 saturated heterocycles. The van der Waals surface area contributed by atoms with Crippen LogP contribution in [0.3, 0.4) is 0 Å². The van der Waals surface area contributed by atoms with Crippen molar-refractivity contribution >= 4 is 0 Å². The summed E-state index contributed by atoms with van der Waals surface area (Å²) in [6, 6.07) is 1.26. The van der Waals surface area contributed by atoms with Crippen LogP contribution < -0.4 is 5.73 Å². The van der Waals surface area contributed by atoms with E-state index in [1.165, 1.54) is 64.3 Å². The summed E-state index contributed by atoms with van der Waals surface area (Å²) in [6.45, 7) is 6.00. The van der Waals surface area contributed by atoms with E-state index in [0.717, 1.165) is 23.8 Å². The molecule has 5 unspecified atom stereocenters. The summed E-state index contributed by atoms with van der Waals surface area (Å²) < 4.78 is 0. The van der Waals surface area contributed by atoms with E-state index in [-0.39, 0.29) is 0 Å². The fraction of sp³-hybridized carbons (Fsp3) is 1.00. The third kappa shape index (κ3) is 4.21. The Kier molecular flexibility index (Phi) is 6.35. The summed E-state index contributed by atoms with van der Waals surface area (Å²) in [5.74, 6) is 2.56. The molecule has 2 saturated carbocycles. The van der Waals surface area contributed by atoms with Crippen molar-refractivity contribution in [2.24, 2.45) is 23.5 Å². The standard InChI is InChI=1S/C18H36N2/c1-4-7-15-10-11-17(19)16(12-15)13-20(3)18-9-6-5-8-14(18)2/h14-18H,4-13,19H2,1-3H3. The first-order valence-corrected chi connectivity index (χ1v) is 9.07. The molecular formula is C18H36N2. The lowest BCUT2D eigenvalue weighted by Crippen LogP contribution is -2.47. The maximum atomic E-state index is 6.42. The molecule has 0 aromatic carbocycles. The molecule has 20 heavy (non-hydrogen) atoms. The molecule has 0 bridgehead atoms. The average molecular weight is 280 g/mol. The van der Waals surface area contributed by atoms with Gasteiger partial charge in [0.2, 0.25) is 0 Å². The van der Waals surface area contributed by atoms with Crippen molar-refractivity contribution in [1.29, 1.82) is 0 Å². The van der Waals surface area contributed by atoms with Crippen molar-refractivity contribution in [2.45, 2.75) is 83.7 Å². The van der Waals surface area contributed by atoms with Crippen LogP contribution in [0.4, 0.5) is 0 Å². The molecule has 2 fully saturated rings. The molecule has 2 N–H and O–H groups in total. The molecule has 0 radical (unpaired) electrons. The van der Waals surface area contributed by atoms with E-state index < -0.39 is 0 Å². The van der Waals surface area contributed by atoms with Gasteiger partial charge in [-0.1, -0.05) is 39.5 Å². The molecule has 2 nitrogen and oxygen atoms in total. The van der Waals surface area contributed by atoms with Gasteiger partial charge in [-0.2, -0.15) is 0 Å². The Labute approximate surface area is 126 Å². The van der Waals surface area contributed by atoms with E-state index in [0.29, 0.717) is 6.04 Å². The Bertz CT molecular complexity index is 279. The highest BCUT2D eigenvalue weighted by molar-refractivity contribution is 4.87. The van der Waals surface area contributed by atoms with Crippen molar-refractivity contribution < 1.29 is 0 Å². The molecular weight excluding hydrogens is 244 g/mol. The second kappa shape index (κ2) is 7.79. The van der Waals surface area contributed by atoms with E-state index in [9.17, 15) is 0 Å². The first-order valence-electron chi connectivity index (χ1n) is 9.07. The SMILES string of the molecule is CCCC1CCC(N)C(CN(C)C2CCCCC2C)C1. The first kappa shape index (κ1) is 16.3. The first-order chi connectivity index (χ1) is 9.61. The van der Waals surface area contributed by atoms with Gasteiger partial charge in [-0.15, -0.1) is 0 Å². The van der Waals surface area contributed by atoms with Gasteiger partial charge >= 0.3 is 0 Å². The minimum atomic E-state index is 0.449. The second-order valence-electron chi connectivity index (χ2n) is 7.66. The van der Waals surface area contributed by atoms with E-state index in [1.807, 2.05) is 0 Å². The normalized spacial score (nSPS) is 39.1. The summed E-state index contributed by atoms with van der Waals surface area (Å²) in [5, 5.41) is 0. The molecule has 2 aliphatic carbocycles. The lowest BCUT2D eigenvalue weighted by Gasteiger charge is -2.41. The zero-order valence-corrected chi connectivity index (χ0v) is 14.0. The summed E-state index contributed by atoms with van der Waals surface area (Å²) in [6.07, 6.45) is 12.4. The fourth-order valence-corrected chi connectivity index (χ4v) is 4.72. The van der Waals surface area contributed by atoms with Gasteiger partial charge in [0, 0.05) is 18.6 Å². The Hall–Kier alpha value is -0.0800. The number of hydrogen-bond acceptors (Lipinski definition) is 2. The van der Waals surface area contributed by atoms with E-state index >= 15 is 0 Å². The molecule has 0 aromatic rings. The van der Waals surface area contributed by atoms with Gasteiger partial charge in [0.15, 0.2) is 0 Å². The minimum absolute atomic E-state index is 0.449. The Morgan fingerprint density at radius 1 is 1.10 bits per heavy atom. The smallest absolute Gasteiger partial charge is 0.0118 e. The van der Waals surface area contributed by atoms with Crippen molar-refractivity contribution in [3.63, 3.8) is 0 Å². The van der Waals surface area contributed by atoms with Crippen LogP contribution in [0.5, 0.6) is 0 Å². The van der Waals surface area contributed by atoms with E-state index in [1.54, 1.807) is 0 Å². The Morgan fingerprint density at radius 3 is 2.55 bits per heavy atom. The van der Waals surface area contributed by atoms with Crippen LogP contribution >= 0.6 is 0 Å². The van der Waals surface area contributed by atoms with Gasteiger partial charge in [-0.05, 0) is 56.9 Å². The van der Waals surface area contributed by atoms with Crippen LogP contribution in [0.25, 0.3) is 0 Å². The molecule has 2 heteroatoms. The third-order valence-corrected chi connectivity index (χ3v) is 6.00. The zero-order chi connectivity index (χ0) is 14.5. The molecule has 0 amide bonds. The molecule has 5 atom stereocenters. The highest BCUT2D eigenvalue weighted by Crippen LogP contribution is 2.33. The van der Waals surface area contributed by atoms with Crippen LogP contribution in [0, 0.1) is 17.8 Å². The monoisotopic (exact) mass is 280 g/mol. The predicted octanol–water partition coefficient (Wildman–Crippen LogP) is 4.04. The van der Waals surface area contributed by atoms with Crippen LogP contribution in [-0.2, 0) is 0 Å². The summed E-state index contributed by atoms with van der Waals surface area (Å²) >= 11 is 0. The summed E-state index contributed by atoms with van der Waals surface area (Å²) in [7, 11) is 2.35. The number of nitrogens with zero attached hydrogens (tertiary/aromatic N) is 1. The molecule has 0 spiro atoms. The summed E-state index contributed by atoms with van der Waals surface area (Å²) in [4.78, 5) is 2.66. The van der Waals surface area contributed by atoms with Gasteiger partial charge in [-0.25, -0.2) is 0 Å². The molecule has 2 aliphatic rings. The van der Waals surface area contributed by atoms with Crippen LogP contribution in [0.15, 0.2) is 0 Å². The van der Waals surface area contributed by atoms with Crippen LogP contribution in [-0.4, -0.2) is 30.6 Å². The van der Waals surface area contributed by atoms with Crippen molar-refractivity contribution in [2.75, 3.05) is 13.6 Å². The van der Waals surface area contributed by atoms with Gasteiger partial charge < -0.3 is 10.6 Å². The fourth-order valence-electron chi connectivity index (χ4n) is 4.72. The third-order valence-electron chi connectivity index (χ3n) is 6.00. The number of rotatable bonds is 5. The molecule has 0 aliphatic heterocycles. The van der Waals surface area contributed by atoms with Crippen LogP contribution in [0.2, 0.25) is 0 Å². The predicted molar refractivity (Wildman–Crippen MR) is 87.8 cm³/mol. The van der Waals surface area contributed by atoms with Crippen molar-refractivity contribution in [1.82, 2.24) is 4.90 Å². The van der Waals surface area contributed by atoms with E-state index in [2.05, 4.69) is 25.8 Å². The Balaban J connectivity index is 1.86. The van der Waals surface area contributed by atoms with Gasteiger partial charge in [0.25, 0.3) is 0 Å². The maximum Gasteiger partial charge on any atom is 0.0118 e. The van der Waals surface area contributed by atoms with E-state index in [4.69, 9.17) is 5.73 Å². The maximum absolute atomic E-state index is 6.42. The second-order valence-corrected chi connectivity index (χ2v) is 7.66. The van der Waals surface area contributed by atoms with Gasteiger partial charge in [0.1, 0.15) is 0 Å². The lowest BCUT2D eigenvalue weighted by molar-refractivity contribution is 0.0944. The molecule has 118 valence electrons. The highest BCUT2D eigenvalue weighted by Gasteiger charge is 2.31. The lowest BCUT2D eigenvalue weighted by atomic mass is 9.76. The van der Waals surface area contributed by atoms with Gasteiger partial charge in [-0.3, -0.25) is 0 Å². The number of nitrogens with two attached hydrogens (primary N) is 1. The molecule has 2 rings (SSSR count). The topological polar surface area (TPSA) is 29.3 Å². The molecule has 0 heterocycles. The Morgan fingerprint density at radius 2 is 1.85 bits per heavy atom.